The first kappa shape index (κ1) is 13.3. The first-order chi connectivity index (χ1) is 7.65. The molecule has 92 valence electrons. The Balaban J connectivity index is 2.49. The molecule has 1 amide bonds. The maximum absolute atomic E-state index is 11.6. The Morgan fingerprint density at radius 1 is 1.69 bits per heavy atom. The highest BCUT2D eigenvalue weighted by molar-refractivity contribution is 7.98. The molecule has 1 rings (SSSR count). The highest BCUT2D eigenvalue weighted by Crippen LogP contribution is 2.10. The van der Waals surface area contributed by atoms with E-state index in [-0.39, 0.29) is 12.3 Å². The molecule has 1 aliphatic rings. The van der Waals surface area contributed by atoms with Crippen molar-refractivity contribution in [3.8, 4) is 0 Å². The van der Waals surface area contributed by atoms with E-state index in [0.29, 0.717) is 6.54 Å². The van der Waals surface area contributed by atoms with Gasteiger partial charge in [-0.05, 0) is 25.0 Å². The van der Waals surface area contributed by atoms with Crippen molar-refractivity contribution >= 4 is 23.6 Å². The van der Waals surface area contributed by atoms with Crippen LogP contribution in [-0.4, -0.2) is 59.6 Å². The normalized spacial score (nSPS) is 21.8. The van der Waals surface area contributed by atoms with Crippen molar-refractivity contribution in [1.82, 2.24) is 10.2 Å². The van der Waals surface area contributed by atoms with Gasteiger partial charge in [0.25, 0.3) is 0 Å². The number of aliphatic carboxylic acids is 1. The van der Waals surface area contributed by atoms with Gasteiger partial charge in [-0.1, -0.05) is 0 Å². The summed E-state index contributed by atoms with van der Waals surface area (Å²) in [6.45, 7) is 2.17. The Labute approximate surface area is 99.6 Å². The Hall–Kier alpha value is -0.750. The van der Waals surface area contributed by atoms with Gasteiger partial charge < -0.3 is 10.4 Å². The highest BCUT2D eigenvalue weighted by Gasteiger charge is 2.30. The molecular formula is C10H18N2O3S. The number of hydrogen-bond acceptors (Lipinski definition) is 4. The monoisotopic (exact) mass is 246 g/mol. The van der Waals surface area contributed by atoms with Gasteiger partial charge in [0.15, 0.2) is 0 Å². The maximum atomic E-state index is 11.6. The summed E-state index contributed by atoms with van der Waals surface area (Å²) in [5.41, 5.74) is 0. The van der Waals surface area contributed by atoms with Crippen molar-refractivity contribution in [2.24, 2.45) is 0 Å². The second-order valence-electron chi connectivity index (χ2n) is 3.79. The number of carboxylic acids is 1. The third-order valence-corrected chi connectivity index (χ3v) is 3.30. The molecule has 6 heteroatoms. The first-order valence-corrected chi connectivity index (χ1v) is 6.77. The molecule has 0 saturated carbocycles. The molecule has 0 aliphatic carbocycles. The second-order valence-corrected chi connectivity index (χ2v) is 4.77. The number of nitrogens with one attached hydrogen (secondary N) is 1. The van der Waals surface area contributed by atoms with Gasteiger partial charge in [-0.15, -0.1) is 0 Å². The predicted molar refractivity (Wildman–Crippen MR) is 63.6 cm³/mol. The van der Waals surface area contributed by atoms with Crippen LogP contribution in [-0.2, 0) is 9.59 Å². The first-order valence-electron chi connectivity index (χ1n) is 5.37. The minimum Gasteiger partial charge on any atom is -0.481 e. The highest BCUT2D eigenvalue weighted by atomic mass is 32.2. The van der Waals surface area contributed by atoms with Gasteiger partial charge in [0, 0.05) is 13.1 Å². The van der Waals surface area contributed by atoms with Crippen molar-refractivity contribution in [3.63, 3.8) is 0 Å². The van der Waals surface area contributed by atoms with Crippen molar-refractivity contribution in [2.45, 2.75) is 18.9 Å². The third-order valence-electron chi connectivity index (χ3n) is 2.60. The van der Waals surface area contributed by atoms with Crippen LogP contribution in [0.4, 0.5) is 0 Å². The van der Waals surface area contributed by atoms with Crippen LogP contribution in [0.5, 0.6) is 0 Å². The molecule has 2 N–H and O–H groups in total. The number of amides is 1. The van der Waals surface area contributed by atoms with Crippen LogP contribution < -0.4 is 5.32 Å². The van der Waals surface area contributed by atoms with E-state index in [4.69, 9.17) is 5.11 Å². The van der Waals surface area contributed by atoms with Crippen molar-refractivity contribution in [3.05, 3.63) is 0 Å². The number of carboxylic acid groups (broad SMARTS) is 1. The van der Waals surface area contributed by atoms with Gasteiger partial charge in [-0.3, -0.25) is 14.5 Å². The number of thioether (sulfide) groups is 1. The Morgan fingerprint density at radius 2 is 2.44 bits per heavy atom. The van der Waals surface area contributed by atoms with E-state index in [1.54, 1.807) is 11.8 Å². The Bertz CT molecular complexity index is 260. The fourth-order valence-electron chi connectivity index (χ4n) is 1.83. The average molecular weight is 246 g/mol. The minimum absolute atomic E-state index is 0.106. The lowest BCUT2D eigenvalue weighted by Gasteiger charge is -2.34. The summed E-state index contributed by atoms with van der Waals surface area (Å²) in [5, 5.41) is 11.5. The van der Waals surface area contributed by atoms with Crippen LogP contribution in [0.3, 0.4) is 0 Å². The molecule has 0 aromatic heterocycles. The molecule has 1 fully saturated rings. The van der Waals surface area contributed by atoms with E-state index in [0.717, 1.165) is 25.3 Å². The molecule has 1 aliphatic heterocycles. The largest absolute Gasteiger partial charge is 0.481 e. The summed E-state index contributed by atoms with van der Waals surface area (Å²) in [6.07, 6.45) is 2.92. The van der Waals surface area contributed by atoms with E-state index < -0.39 is 12.0 Å². The predicted octanol–water partition coefficient (Wildman–Crippen LogP) is 0.0146. The molecule has 0 spiro atoms. The number of rotatable bonds is 6. The van der Waals surface area contributed by atoms with Gasteiger partial charge in [0.2, 0.25) is 5.91 Å². The second kappa shape index (κ2) is 6.75. The summed E-state index contributed by atoms with van der Waals surface area (Å²) < 4.78 is 0. The Morgan fingerprint density at radius 3 is 3.06 bits per heavy atom. The van der Waals surface area contributed by atoms with Crippen LogP contribution in [0.2, 0.25) is 0 Å². The summed E-state index contributed by atoms with van der Waals surface area (Å²) >= 11 is 1.76. The molecule has 5 nitrogen and oxygen atoms in total. The van der Waals surface area contributed by atoms with Crippen LogP contribution in [0.1, 0.15) is 12.8 Å². The van der Waals surface area contributed by atoms with Crippen molar-refractivity contribution in [1.29, 1.82) is 0 Å². The molecule has 0 bridgehead atoms. The molecule has 16 heavy (non-hydrogen) atoms. The van der Waals surface area contributed by atoms with E-state index in [1.165, 1.54) is 0 Å². The molecule has 0 aromatic carbocycles. The minimum atomic E-state index is -0.920. The zero-order valence-corrected chi connectivity index (χ0v) is 10.3. The molecule has 1 atom stereocenters. The number of piperazine rings is 1. The SMILES string of the molecule is CSCCCN1CCNC(=O)C1CC(=O)O. The average Bonchev–Trinajstić information content (AvgIpc) is 2.23. The quantitative estimate of drug-likeness (QED) is 0.646. The Kier molecular flexibility index (Phi) is 5.62. The van der Waals surface area contributed by atoms with E-state index in [9.17, 15) is 9.59 Å². The molecule has 1 heterocycles. The number of carbonyl (C=O) groups excluding carboxylic acids is 1. The summed E-state index contributed by atoms with van der Waals surface area (Å²) in [6, 6.07) is -0.492. The third kappa shape index (κ3) is 4.02. The van der Waals surface area contributed by atoms with Crippen LogP contribution in [0.25, 0.3) is 0 Å². The van der Waals surface area contributed by atoms with Crippen molar-refractivity contribution < 1.29 is 14.7 Å². The topological polar surface area (TPSA) is 69.6 Å². The summed E-state index contributed by atoms with van der Waals surface area (Å²) in [5.74, 6) is -0.0347. The summed E-state index contributed by atoms with van der Waals surface area (Å²) in [4.78, 5) is 24.2. The van der Waals surface area contributed by atoms with E-state index >= 15 is 0 Å². The van der Waals surface area contributed by atoms with Gasteiger partial charge in [0.05, 0.1) is 12.5 Å². The smallest absolute Gasteiger partial charge is 0.305 e. The fourth-order valence-corrected chi connectivity index (χ4v) is 2.25. The molecule has 0 aromatic rings. The van der Waals surface area contributed by atoms with Gasteiger partial charge in [-0.25, -0.2) is 0 Å². The van der Waals surface area contributed by atoms with E-state index in [2.05, 4.69) is 5.32 Å². The van der Waals surface area contributed by atoms with E-state index in [1.807, 2.05) is 11.2 Å². The zero-order chi connectivity index (χ0) is 12.0. The molecule has 1 unspecified atom stereocenters. The fraction of sp³-hybridized carbons (Fsp3) is 0.800. The lowest BCUT2D eigenvalue weighted by atomic mass is 10.1. The zero-order valence-electron chi connectivity index (χ0n) is 9.44. The van der Waals surface area contributed by atoms with Gasteiger partial charge >= 0.3 is 5.97 Å². The van der Waals surface area contributed by atoms with Crippen molar-refractivity contribution in [2.75, 3.05) is 31.6 Å². The number of hydrogen-bond donors (Lipinski definition) is 2. The molecular weight excluding hydrogens is 228 g/mol. The standard InChI is InChI=1S/C10H18N2O3S/c1-16-6-2-4-12-5-3-11-10(15)8(12)7-9(13)14/h8H,2-7H2,1H3,(H,11,15)(H,13,14). The van der Waals surface area contributed by atoms with Crippen LogP contribution in [0, 0.1) is 0 Å². The van der Waals surface area contributed by atoms with Crippen LogP contribution in [0.15, 0.2) is 0 Å². The molecule has 0 radical (unpaired) electrons. The van der Waals surface area contributed by atoms with Gasteiger partial charge in [0.1, 0.15) is 0 Å². The number of carbonyl (C=O) groups is 2. The van der Waals surface area contributed by atoms with Gasteiger partial charge in [-0.2, -0.15) is 11.8 Å². The number of nitrogens with zero attached hydrogens (tertiary/aromatic N) is 1. The molecule has 1 saturated heterocycles. The summed E-state index contributed by atoms with van der Waals surface area (Å²) in [7, 11) is 0. The maximum Gasteiger partial charge on any atom is 0.305 e. The lowest BCUT2D eigenvalue weighted by molar-refractivity contribution is -0.143. The lowest BCUT2D eigenvalue weighted by Crippen LogP contribution is -2.56. The van der Waals surface area contributed by atoms with Crippen LogP contribution >= 0.6 is 11.8 Å².